The Morgan fingerprint density at radius 2 is 2.09 bits per heavy atom. The maximum atomic E-state index is 12.7. The number of nitrogens with two attached hydrogens (primary N) is 1. The van der Waals surface area contributed by atoms with E-state index in [1.807, 2.05) is 13.8 Å². The zero-order valence-corrected chi connectivity index (χ0v) is 13.9. The molecule has 1 aromatic carbocycles. The molecule has 0 aliphatic carbocycles. The molecule has 9 heteroatoms. The molecule has 0 spiro atoms. The van der Waals surface area contributed by atoms with Crippen LogP contribution in [0.5, 0.6) is 0 Å². The lowest BCUT2D eigenvalue weighted by atomic mass is 9.81. The molecule has 0 amide bonds. The average molecular weight is 348 g/mol. The number of piperidine rings is 1. The van der Waals surface area contributed by atoms with E-state index < -0.39 is 14.9 Å². The second-order valence-corrected chi connectivity index (χ2v) is 8.41. The van der Waals surface area contributed by atoms with Crippen LogP contribution in [0.3, 0.4) is 0 Å². The van der Waals surface area contributed by atoms with Gasteiger partial charge in [-0.1, -0.05) is 25.4 Å². The molecule has 122 valence electrons. The van der Waals surface area contributed by atoms with Gasteiger partial charge in [0, 0.05) is 31.3 Å². The van der Waals surface area contributed by atoms with Gasteiger partial charge in [-0.2, -0.15) is 4.31 Å². The smallest absolute Gasteiger partial charge is 0.271 e. The van der Waals surface area contributed by atoms with Crippen molar-refractivity contribution in [3.8, 4) is 0 Å². The van der Waals surface area contributed by atoms with Crippen molar-refractivity contribution in [1.29, 1.82) is 0 Å². The molecular formula is C13H18ClN3O4S. The minimum atomic E-state index is -3.81. The third kappa shape index (κ3) is 3.10. The highest BCUT2D eigenvalue weighted by molar-refractivity contribution is 7.89. The van der Waals surface area contributed by atoms with Crippen LogP contribution in [-0.4, -0.2) is 36.8 Å². The quantitative estimate of drug-likeness (QED) is 0.664. The Kier molecular flexibility index (Phi) is 4.49. The Balaban J connectivity index is 2.37. The largest absolute Gasteiger partial charge is 0.327 e. The highest BCUT2D eigenvalue weighted by Gasteiger charge is 2.39. The molecule has 1 aliphatic rings. The molecule has 1 unspecified atom stereocenters. The third-order valence-corrected chi connectivity index (χ3v) is 6.35. The summed E-state index contributed by atoms with van der Waals surface area (Å²) in [5.74, 6) is 0. The summed E-state index contributed by atoms with van der Waals surface area (Å²) in [6.45, 7) is 4.41. The summed E-state index contributed by atoms with van der Waals surface area (Å²) in [6, 6.07) is 3.29. The molecule has 7 nitrogen and oxygen atoms in total. The number of nitro groups is 1. The first-order valence-electron chi connectivity index (χ1n) is 6.75. The first-order chi connectivity index (χ1) is 10.1. The Morgan fingerprint density at radius 1 is 1.45 bits per heavy atom. The van der Waals surface area contributed by atoms with E-state index in [0.717, 1.165) is 12.1 Å². The number of hydrogen-bond donors (Lipinski definition) is 1. The second kappa shape index (κ2) is 5.77. The average Bonchev–Trinajstić information content (AvgIpc) is 2.41. The molecule has 1 fully saturated rings. The number of nitro benzene ring substituents is 1. The second-order valence-electron chi connectivity index (χ2n) is 6.09. The molecule has 0 aromatic heterocycles. The van der Waals surface area contributed by atoms with Crippen molar-refractivity contribution in [2.24, 2.45) is 11.1 Å². The fraction of sp³-hybridized carbons (Fsp3) is 0.538. The highest BCUT2D eigenvalue weighted by atomic mass is 35.5. The van der Waals surface area contributed by atoms with Crippen molar-refractivity contribution in [1.82, 2.24) is 4.31 Å². The van der Waals surface area contributed by atoms with Gasteiger partial charge >= 0.3 is 0 Å². The van der Waals surface area contributed by atoms with E-state index in [1.54, 1.807) is 0 Å². The minimum Gasteiger partial charge on any atom is -0.327 e. The van der Waals surface area contributed by atoms with Gasteiger partial charge in [0.2, 0.25) is 10.0 Å². The van der Waals surface area contributed by atoms with E-state index in [0.29, 0.717) is 13.0 Å². The SMILES string of the molecule is CC1(C)CN(S(=O)(=O)c2ccc([N+](=O)[O-])cc2Cl)CCC1N. The van der Waals surface area contributed by atoms with E-state index in [9.17, 15) is 18.5 Å². The molecule has 2 N–H and O–H groups in total. The van der Waals surface area contributed by atoms with Gasteiger partial charge in [-0.05, 0) is 17.9 Å². The molecule has 0 bridgehead atoms. The minimum absolute atomic E-state index is 0.0775. The summed E-state index contributed by atoms with van der Waals surface area (Å²) in [6.07, 6.45) is 0.552. The molecular weight excluding hydrogens is 330 g/mol. The van der Waals surface area contributed by atoms with Crippen LogP contribution in [0.2, 0.25) is 5.02 Å². The van der Waals surface area contributed by atoms with E-state index >= 15 is 0 Å². The third-order valence-electron chi connectivity index (χ3n) is 4.02. The number of rotatable bonds is 3. The lowest BCUT2D eigenvalue weighted by Gasteiger charge is -2.41. The van der Waals surface area contributed by atoms with E-state index in [1.165, 1.54) is 10.4 Å². The van der Waals surface area contributed by atoms with Gasteiger partial charge in [-0.25, -0.2) is 8.42 Å². The molecule has 2 rings (SSSR count). The molecule has 1 saturated heterocycles. The lowest BCUT2D eigenvalue weighted by Crippen LogP contribution is -2.53. The number of halogens is 1. The Bertz CT molecular complexity index is 705. The molecule has 1 aromatic rings. The highest BCUT2D eigenvalue weighted by Crippen LogP contribution is 2.34. The topological polar surface area (TPSA) is 107 Å². The first kappa shape index (κ1) is 17.1. The molecule has 0 radical (unpaired) electrons. The summed E-state index contributed by atoms with van der Waals surface area (Å²) < 4.78 is 26.8. The van der Waals surface area contributed by atoms with E-state index in [4.69, 9.17) is 17.3 Å². The van der Waals surface area contributed by atoms with Crippen molar-refractivity contribution in [3.63, 3.8) is 0 Å². The molecule has 1 atom stereocenters. The van der Waals surface area contributed by atoms with Gasteiger partial charge in [0.05, 0.1) is 9.95 Å². The zero-order chi connectivity index (χ0) is 16.7. The van der Waals surface area contributed by atoms with Crippen LogP contribution in [0.4, 0.5) is 5.69 Å². The molecule has 0 saturated carbocycles. The number of non-ortho nitro benzene ring substituents is 1. The van der Waals surface area contributed by atoms with Gasteiger partial charge in [0.25, 0.3) is 5.69 Å². The zero-order valence-electron chi connectivity index (χ0n) is 12.3. The maximum absolute atomic E-state index is 12.7. The number of sulfonamides is 1. The van der Waals surface area contributed by atoms with Crippen LogP contribution in [0, 0.1) is 15.5 Å². The summed E-state index contributed by atoms with van der Waals surface area (Å²) in [7, 11) is -3.81. The number of nitrogens with zero attached hydrogens (tertiary/aromatic N) is 2. The van der Waals surface area contributed by atoms with Crippen LogP contribution in [0.15, 0.2) is 23.1 Å². The Hall–Kier alpha value is -1.22. The van der Waals surface area contributed by atoms with Gasteiger partial charge in [0.15, 0.2) is 0 Å². The van der Waals surface area contributed by atoms with E-state index in [-0.39, 0.29) is 33.6 Å². The van der Waals surface area contributed by atoms with E-state index in [2.05, 4.69) is 0 Å². The van der Waals surface area contributed by atoms with Crippen LogP contribution in [0.1, 0.15) is 20.3 Å². The number of benzene rings is 1. The van der Waals surface area contributed by atoms with Crippen molar-refractivity contribution < 1.29 is 13.3 Å². The molecule has 22 heavy (non-hydrogen) atoms. The maximum Gasteiger partial charge on any atom is 0.271 e. The predicted molar refractivity (Wildman–Crippen MR) is 83.2 cm³/mol. The fourth-order valence-electron chi connectivity index (χ4n) is 2.48. The Labute approximate surface area is 134 Å². The summed E-state index contributed by atoms with van der Waals surface area (Å²) in [5.41, 5.74) is 5.42. The van der Waals surface area contributed by atoms with Crippen LogP contribution < -0.4 is 5.73 Å². The monoisotopic (exact) mass is 347 g/mol. The molecule has 1 aliphatic heterocycles. The normalized spacial score (nSPS) is 22.5. The van der Waals surface area contributed by atoms with Crippen LogP contribution >= 0.6 is 11.6 Å². The van der Waals surface area contributed by atoms with Gasteiger partial charge in [-0.3, -0.25) is 10.1 Å². The van der Waals surface area contributed by atoms with Crippen molar-refractivity contribution in [2.45, 2.75) is 31.2 Å². The first-order valence-corrected chi connectivity index (χ1v) is 8.57. The van der Waals surface area contributed by atoms with Crippen molar-refractivity contribution >= 4 is 27.3 Å². The standard InChI is InChI=1S/C13H18ClN3O4S/c1-13(2)8-16(6-5-12(13)15)22(20,21)11-4-3-9(17(18)19)7-10(11)14/h3-4,7,12H,5-6,8,15H2,1-2H3. The van der Waals surface area contributed by atoms with Gasteiger partial charge < -0.3 is 5.73 Å². The van der Waals surface area contributed by atoms with Crippen molar-refractivity contribution in [3.05, 3.63) is 33.3 Å². The summed E-state index contributed by atoms with van der Waals surface area (Å²) in [5, 5.41) is 10.6. The van der Waals surface area contributed by atoms with Crippen LogP contribution in [0.25, 0.3) is 0 Å². The molecule has 1 heterocycles. The lowest BCUT2D eigenvalue weighted by molar-refractivity contribution is -0.384. The number of hydrogen-bond acceptors (Lipinski definition) is 5. The van der Waals surface area contributed by atoms with Crippen LogP contribution in [-0.2, 0) is 10.0 Å². The summed E-state index contributed by atoms with van der Waals surface area (Å²) in [4.78, 5) is 9.97. The van der Waals surface area contributed by atoms with Gasteiger partial charge in [-0.15, -0.1) is 0 Å². The summed E-state index contributed by atoms with van der Waals surface area (Å²) >= 11 is 5.94. The Morgan fingerprint density at radius 3 is 2.59 bits per heavy atom. The fourth-order valence-corrected chi connectivity index (χ4v) is 4.62. The van der Waals surface area contributed by atoms with Gasteiger partial charge in [0.1, 0.15) is 4.90 Å². The van der Waals surface area contributed by atoms with Crippen molar-refractivity contribution in [2.75, 3.05) is 13.1 Å². The predicted octanol–water partition coefficient (Wildman–Crippen LogP) is 2.00.